The van der Waals surface area contributed by atoms with E-state index in [2.05, 4.69) is 34.5 Å². The van der Waals surface area contributed by atoms with Crippen LogP contribution in [0, 0.1) is 11.8 Å². The average Bonchev–Trinajstić information content (AvgIpc) is 2.98. The number of likely N-dealkylation sites (tertiary alicyclic amines) is 1. The third kappa shape index (κ3) is 7.47. The molecule has 0 aromatic heterocycles. The third-order valence-corrected chi connectivity index (χ3v) is 4.57. The van der Waals surface area contributed by atoms with Crippen molar-refractivity contribution < 1.29 is 4.79 Å². The predicted molar refractivity (Wildman–Crippen MR) is 96.2 cm³/mol. The fraction of sp³-hybridized carbons (Fsp3) is 0.933. The van der Waals surface area contributed by atoms with Gasteiger partial charge < -0.3 is 20.4 Å². The van der Waals surface area contributed by atoms with Gasteiger partial charge in [-0.15, -0.1) is 24.8 Å². The van der Waals surface area contributed by atoms with Gasteiger partial charge >= 0.3 is 0 Å². The van der Waals surface area contributed by atoms with Crippen molar-refractivity contribution in [3.8, 4) is 0 Å². The van der Waals surface area contributed by atoms with E-state index >= 15 is 0 Å². The van der Waals surface area contributed by atoms with Gasteiger partial charge in [-0.2, -0.15) is 0 Å². The third-order valence-electron chi connectivity index (χ3n) is 4.57. The first kappa shape index (κ1) is 21.9. The monoisotopic (exact) mass is 354 g/mol. The van der Waals surface area contributed by atoms with E-state index in [1.54, 1.807) is 0 Å². The van der Waals surface area contributed by atoms with Crippen LogP contribution in [0.1, 0.15) is 19.3 Å². The predicted octanol–water partition coefficient (Wildman–Crippen LogP) is 0.829. The summed E-state index contributed by atoms with van der Waals surface area (Å²) < 4.78 is 0. The average molecular weight is 355 g/mol. The second-order valence-corrected chi connectivity index (χ2v) is 6.52. The molecule has 0 spiro atoms. The number of carbonyl (C=O) groups excluding carboxylic acids is 1. The number of nitrogens with zero attached hydrogens (tertiary/aromatic N) is 2. The van der Waals surface area contributed by atoms with Gasteiger partial charge in [0, 0.05) is 26.2 Å². The number of hydrogen-bond acceptors (Lipinski definition) is 4. The zero-order valence-electron chi connectivity index (χ0n) is 13.8. The van der Waals surface area contributed by atoms with E-state index in [1.165, 1.54) is 32.5 Å². The van der Waals surface area contributed by atoms with Crippen molar-refractivity contribution in [3.05, 3.63) is 0 Å². The summed E-state index contributed by atoms with van der Waals surface area (Å²) in [6.07, 6.45) is 3.43. The number of halogens is 2. The number of carbonyl (C=O) groups is 1. The minimum Gasteiger partial charge on any atom is -0.356 e. The van der Waals surface area contributed by atoms with Gasteiger partial charge in [0.15, 0.2) is 0 Å². The van der Waals surface area contributed by atoms with Crippen molar-refractivity contribution in [3.63, 3.8) is 0 Å². The molecule has 2 N–H and O–H groups in total. The molecule has 2 aliphatic rings. The molecule has 0 bridgehead atoms. The van der Waals surface area contributed by atoms with Gasteiger partial charge in [0.05, 0.1) is 5.92 Å². The molecule has 1 unspecified atom stereocenters. The number of rotatable bonds is 6. The topological polar surface area (TPSA) is 47.6 Å². The number of amides is 1. The maximum Gasteiger partial charge on any atom is 0.224 e. The van der Waals surface area contributed by atoms with Crippen LogP contribution in [0.3, 0.4) is 0 Å². The normalized spacial score (nSPS) is 23.0. The van der Waals surface area contributed by atoms with Crippen molar-refractivity contribution in [1.29, 1.82) is 0 Å². The summed E-state index contributed by atoms with van der Waals surface area (Å²) >= 11 is 0. The zero-order chi connectivity index (χ0) is 14.4. The summed E-state index contributed by atoms with van der Waals surface area (Å²) in [5.41, 5.74) is 0. The van der Waals surface area contributed by atoms with Gasteiger partial charge in [-0.3, -0.25) is 4.79 Å². The van der Waals surface area contributed by atoms with E-state index in [9.17, 15) is 4.79 Å². The van der Waals surface area contributed by atoms with Crippen LogP contribution in [0.15, 0.2) is 0 Å². The minimum atomic E-state index is 0. The highest BCUT2D eigenvalue weighted by molar-refractivity contribution is 5.85. The van der Waals surface area contributed by atoms with Crippen LogP contribution < -0.4 is 10.6 Å². The van der Waals surface area contributed by atoms with E-state index in [4.69, 9.17) is 0 Å². The fourth-order valence-corrected chi connectivity index (χ4v) is 3.02. The maximum atomic E-state index is 12.0. The number of hydrogen-bond donors (Lipinski definition) is 2. The molecule has 22 heavy (non-hydrogen) atoms. The van der Waals surface area contributed by atoms with E-state index < -0.39 is 0 Å². The summed E-state index contributed by atoms with van der Waals surface area (Å²) in [6.45, 7) is 7.38. The van der Waals surface area contributed by atoms with Gasteiger partial charge in [0.2, 0.25) is 5.91 Å². The molecular weight excluding hydrogens is 323 g/mol. The Bertz CT molecular complexity index is 304. The SMILES string of the molecule is CN(C)CCN1CCC(CNC(=O)C2CCNC2)CC1.Cl.Cl. The second kappa shape index (κ2) is 11.5. The molecule has 2 rings (SSSR count). The standard InChI is InChI=1S/C15H30N4O.2ClH/c1-18(2)9-10-19-7-4-13(5-8-19)11-17-15(20)14-3-6-16-12-14;;/h13-14,16H,3-12H2,1-2H3,(H,17,20);2*1H. The van der Waals surface area contributed by atoms with Gasteiger partial charge in [-0.25, -0.2) is 0 Å². The van der Waals surface area contributed by atoms with Gasteiger partial charge in [0.1, 0.15) is 0 Å². The molecule has 0 radical (unpaired) electrons. The molecule has 2 fully saturated rings. The summed E-state index contributed by atoms with van der Waals surface area (Å²) in [5, 5.41) is 6.40. The lowest BCUT2D eigenvalue weighted by molar-refractivity contribution is -0.124. The van der Waals surface area contributed by atoms with Crippen LogP contribution in [-0.4, -0.2) is 75.6 Å². The first-order valence-electron chi connectivity index (χ1n) is 8.00. The van der Waals surface area contributed by atoms with Crippen molar-refractivity contribution in [2.24, 2.45) is 11.8 Å². The molecular formula is C15H32Cl2N4O. The molecule has 2 aliphatic heterocycles. The molecule has 2 heterocycles. The van der Waals surface area contributed by atoms with E-state index in [-0.39, 0.29) is 36.6 Å². The molecule has 0 aromatic carbocycles. The quantitative estimate of drug-likeness (QED) is 0.741. The van der Waals surface area contributed by atoms with Crippen LogP contribution in [0.5, 0.6) is 0 Å². The van der Waals surface area contributed by atoms with Crippen molar-refractivity contribution in [2.45, 2.75) is 19.3 Å². The highest BCUT2D eigenvalue weighted by Crippen LogP contribution is 2.16. The zero-order valence-corrected chi connectivity index (χ0v) is 15.5. The van der Waals surface area contributed by atoms with Crippen LogP contribution in [0.2, 0.25) is 0 Å². The lowest BCUT2D eigenvalue weighted by atomic mass is 9.96. The maximum absolute atomic E-state index is 12.0. The molecule has 0 aliphatic carbocycles. The van der Waals surface area contributed by atoms with E-state index in [1.807, 2.05) is 0 Å². The van der Waals surface area contributed by atoms with Gasteiger partial charge in [0.25, 0.3) is 0 Å². The number of nitrogens with one attached hydrogen (secondary N) is 2. The van der Waals surface area contributed by atoms with Crippen LogP contribution in [0.4, 0.5) is 0 Å². The Hall–Kier alpha value is -0.0700. The van der Waals surface area contributed by atoms with E-state index in [0.717, 1.165) is 32.6 Å². The fourth-order valence-electron chi connectivity index (χ4n) is 3.02. The summed E-state index contributed by atoms with van der Waals surface area (Å²) in [7, 11) is 4.25. The van der Waals surface area contributed by atoms with Gasteiger partial charge in [-0.1, -0.05) is 0 Å². The smallest absolute Gasteiger partial charge is 0.224 e. The minimum absolute atomic E-state index is 0. The molecule has 0 aromatic rings. The molecule has 2 saturated heterocycles. The Morgan fingerprint density at radius 3 is 2.45 bits per heavy atom. The Morgan fingerprint density at radius 2 is 1.91 bits per heavy atom. The Labute approximate surface area is 147 Å². The van der Waals surface area contributed by atoms with E-state index in [0.29, 0.717) is 5.92 Å². The summed E-state index contributed by atoms with van der Waals surface area (Å²) in [5.74, 6) is 1.13. The number of piperidine rings is 1. The first-order valence-corrected chi connectivity index (χ1v) is 8.00. The van der Waals surface area contributed by atoms with Crippen LogP contribution in [0.25, 0.3) is 0 Å². The molecule has 1 amide bonds. The lowest BCUT2D eigenvalue weighted by Crippen LogP contribution is -2.42. The second-order valence-electron chi connectivity index (χ2n) is 6.52. The Morgan fingerprint density at radius 1 is 1.23 bits per heavy atom. The van der Waals surface area contributed by atoms with Crippen molar-refractivity contribution >= 4 is 30.7 Å². The largest absolute Gasteiger partial charge is 0.356 e. The summed E-state index contributed by atoms with van der Waals surface area (Å²) in [4.78, 5) is 16.7. The lowest BCUT2D eigenvalue weighted by Gasteiger charge is -2.32. The highest BCUT2D eigenvalue weighted by Gasteiger charge is 2.24. The van der Waals surface area contributed by atoms with Crippen molar-refractivity contribution in [2.75, 3.05) is 59.9 Å². The molecule has 5 nitrogen and oxygen atoms in total. The number of likely N-dealkylation sites (N-methyl/N-ethyl adjacent to an activating group) is 1. The Balaban J connectivity index is 0.00000220. The first-order chi connectivity index (χ1) is 9.65. The Kier molecular flexibility index (Phi) is 11.4. The van der Waals surface area contributed by atoms with Crippen molar-refractivity contribution in [1.82, 2.24) is 20.4 Å². The molecule has 0 saturated carbocycles. The molecule has 1 atom stereocenters. The van der Waals surface area contributed by atoms with Crippen LogP contribution in [-0.2, 0) is 4.79 Å². The van der Waals surface area contributed by atoms with Crippen LogP contribution >= 0.6 is 24.8 Å². The molecule has 132 valence electrons. The molecule has 7 heteroatoms. The summed E-state index contributed by atoms with van der Waals surface area (Å²) in [6, 6.07) is 0. The highest BCUT2D eigenvalue weighted by atomic mass is 35.5. The van der Waals surface area contributed by atoms with Gasteiger partial charge in [-0.05, 0) is 58.9 Å².